The van der Waals surface area contributed by atoms with Crippen molar-refractivity contribution in [3.05, 3.63) is 52.8 Å². The van der Waals surface area contributed by atoms with Gasteiger partial charge in [-0.1, -0.05) is 65.2 Å². The Bertz CT molecular complexity index is 2150. The molecule has 3 heterocycles. The highest BCUT2D eigenvalue weighted by Gasteiger charge is 2.50. The molecule has 1 amide bonds. The molecule has 0 radical (unpaired) electrons. The zero-order chi connectivity index (χ0) is 44.9. The van der Waals surface area contributed by atoms with Crippen molar-refractivity contribution < 1.29 is 58.9 Å². The summed E-state index contributed by atoms with van der Waals surface area (Å²) in [5.74, 6) is -8.45. The van der Waals surface area contributed by atoms with Crippen molar-refractivity contribution in [1.29, 1.82) is 0 Å². The number of hydrogen-bond donors (Lipinski definition) is 6. The molecule has 15 nitrogen and oxygen atoms in total. The largest absolute Gasteiger partial charge is 0.507 e. The number of anilines is 1. The van der Waals surface area contributed by atoms with Crippen molar-refractivity contribution in [2.24, 2.45) is 33.9 Å². The van der Waals surface area contributed by atoms with Gasteiger partial charge >= 0.3 is 11.8 Å². The van der Waals surface area contributed by atoms with E-state index in [-0.39, 0.29) is 44.5 Å². The Hall–Kier alpha value is -5.25. The van der Waals surface area contributed by atoms with E-state index in [0.29, 0.717) is 0 Å². The number of esters is 1. The smallest absolute Gasteiger partial charge is 0.312 e. The molecule has 5 bridgehead atoms. The number of nitrogens with one attached hydrogen (secondary N) is 1. The molecule has 9 unspecified atom stereocenters. The van der Waals surface area contributed by atoms with Crippen molar-refractivity contribution in [3.8, 4) is 23.0 Å². The van der Waals surface area contributed by atoms with Gasteiger partial charge in [-0.25, -0.2) is 0 Å². The number of amides is 1. The number of carbonyl (C=O) groups is 3. The fourth-order valence-corrected chi connectivity index (χ4v) is 8.45. The Morgan fingerprint density at radius 3 is 2.20 bits per heavy atom. The van der Waals surface area contributed by atoms with Gasteiger partial charge in [0.25, 0.3) is 11.7 Å². The molecule has 0 saturated heterocycles. The van der Waals surface area contributed by atoms with Gasteiger partial charge in [-0.3, -0.25) is 14.4 Å². The number of carbonyl (C=O) groups excluding carboxylic acids is 3. The van der Waals surface area contributed by atoms with E-state index >= 15 is 0 Å². The third-order valence-corrected chi connectivity index (χ3v) is 12.3. The standard InChI is InChI=1S/C46H61N3O12/c1-23-16-15-17-24(2)45(57)48-36-31(22-47-49-30-18-13-11-10-12-14-19-30)40(54)33-34(41(36)55)39(53)28(6)43-35(33)44(56)46(8,61-43)59-21-20-32(58-9)25(3)42(60-29(7)50)27(5)38(52)26(4)37(23)51/h15-17,20-23,25-27,32,37-38,42,51-55H,10-14,18-19H2,1-9H3,(H,48,57). The topological polar surface area (TPSA) is 226 Å². The van der Waals surface area contributed by atoms with Gasteiger partial charge in [-0.15, -0.1) is 0 Å². The average molecular weight is 848 g/mol. The minimum absolute atomic E-state index is 0.0497. The summed E-state index contributed by atoms with van der Waals surface area (Å²) in [5.41, 5.74) is 0.411. The van der Waals surface area contributed by atoms with Gasteiger partial charge in [-0.05, 0) is 45.6 Å². The number of allylic oxidation sites excluding steroid dienone is 2. The van der Waals surface area contributed by atoms with Crippen molar-refractivity contribution in [2.75, 3.05) is 12.4 Å². The minimum Gasteiger partial charge on any atom is -0.507 e. The van der Waals surface area contributed by atoms with Gasteiger partial charge in [0, 0.05) is 66.9 Å². The maximum absolute atomic E-state index is 14.5. The van der Waals surface area contributed by atoms with Crippen LogP contribution >= 0.6 is 0 Å². The minimum atomic E-state index is -2.05. The average Bonchev–Trinajstić information content (AvgIpc) is 3.47. The first-order valence-electron chi connectivity index (χ1n) is 21.0. The summed E-state index contributed by atoms with van der Waals surface area (Å²) in [4.78, 5) is 40.6. The molecule has 3 aliphatic heterocycles. The van der Waals surface area contributed by atoms with Gasteiger partial charge < -0.3 is 49.8 Å². The zero-order valence-electron chi connectivity index (χ0n) is 36.5. The SMILES string of the molecule is COC1C=COC2(C)Oc3c(C)c(O)c4c(O)c(c(C=NN=C5CCCCCCC5)c(O)c4c3C2=O)NC(=O)C(C)=CC=CC(C)C(O)C(C)C(O)C(C)C(OC(C)=O)C1C. The normalized spacial score (nSPS) is 29.5. The lowest BCUT2D eigenvalue weighted by molar-refractivity contribution is -0.160. The highest BCUT2D eigenvalue weighted by atomic mass is 16.7. The summed E-state index contributed by atoms with van der Waals surface area (Å²) in [6.45, 7) is 12.5. The van der Waals surface area contributed by atoms with Crippen LogP contribution in [0, 0.1) is 30.6 Å². The Kier molecular flexibility index (Phi) is 15.1. The van der Waals surface area contributed by atoms with Crippen LogP contribution in [0.25, 0.3) is 10.8 Å². The molecule has 4 aliphatic rings. The summed E-state index contributed by atoms with van der Waals surface area (Å²) < 4.78 is 23.6. The number of aromatic hydroxyl groups is 3. The van der Waals surface area contributed by atoms with Crippen LogP contribution < -0.4 is 10.1 Å². The van der Waals surface area contributed by atoms with Crippen molar-refractivity contribution in [2.45, 2.75) is 131 Å². The van der Waals surface area contributed by atoms with Crippen LogP contribution in [-0.2, 0) is 23.8 Å². The van der Waals surface area contributed by atoms with Crippen molar-refractivity contribution >= 4 is 46.0 Å². The third-order valence-electron chi connectivity index (χ3n) is 12.3. The Labute approximate surface area is 356 Å². The highest BCUT2D eigenvalue weighted by Crippen LogP contribution is 2.55. The number of methoxy groups -OCH3 is 1. The number of Topliss-reactive ketones (excluding diaryl/α,β-unsaturated/α-hetero) is 1. The van der Waals surface area contributed by atoms with Gasteiger partial charge in [0.1, 0.15) is 23.4 Å². The number of phenols is 3. The first-order chi connectivity index (χ1) is 28.8. The molecule has 2 aromatic carbocycles. The predicted molar refractivity (Wildman–Crippen MR) is 231 cm³/mol. The monoisotopic (exact) mass is 847 g/mol. The Morgan fingerprint density at radius 1 is 0.902 bits per heavy atom. The van der Waals surface area contributed by atoms with Crippen LogP contribution in [0.5, 0.6) is 23.0 Å². The first-order valence-corrected chi connectivity index (χ1v) is 21.0. The van der Waals surface area contributed by atoms with Gasteiger partial charge in [0.05, 0.1) is 53.0 Å². The van der Waals surface area contributed by atoms with Crippen LogP contribution in [0.1, 0.15) is 115 Å². The molecule has 61 heavy (non-hydrogen) atoms. The van der Waals surface area contributed by atoms with E-state index in [1.807, 2.05) is 0 Å². The lowest BCUT2D eigenvalue weighted by Crippen LogP contribution is -2.46. The molecule has 2 aromatic rings. The van der Waals surface area contributed by atoms with Crippen LogP contribution in [0.4, 0.5) is 5.69 Å². The lowest BCUT2D eigenvalue weighted by Gasteiger charge is -2.38. The maximum atomic E-state index is 14.5. The molecule has 6 rings (SSSR count). The van der Waals surface area contributed by atoms with Crippen LogP contribution in [0.2, 0.25) is 0 Å². The summed E-state index contributed by atoms with van der Waals surface area (Å²) in [6.07, 6.45) is 11.5. The molecule has 6 N–H and O–H groups in total. The number of ketones is 1. The number of rotatable bonds is 4. The zero-order valence-corrected chi connectivity index (χ0v) is 36.5. The summed E-state index contributed by atoms with van der Waals surface area (Å²) in [5, 5.41) is 69.3. The Balaban J connectivity index is 1.71. The number of phenolic OH excluding ortho intramolecular Hbond substituents is 3. The van der Waals surface area contributed by atoms with Crippen molar-refractivity contribution in [1.82, 2.24) is 0 Å². The van der Waals surface area contributed by atoms with Gasteiger partial charge in [0.2, 0.25) is 0 Å². The highest BCUT2D eigenvalue weighted by molar-refractivity contribution is 6.24. The van der Waals surface area contributed by atoms with Crippen molar-refractivity contribution in [3.63, 3.8) is 0 Å². The predicted octanol–water partition coefficient (Wildman–Crippen LogP) is 7.27. The molecular formula is C46H61N3O12. The van der Waals surface area contributed by atoms with E-state index in [1.54, 1.807) is 39.8 Å². The van der Waals surface area contributed by atoms with E-state index in [1.165, 1.54) is 59.4 Å². The summed E-state index contributed by atoms with van der Waals surface area (Å²) >= 11 is 0. The molecule has 0 spiro atoms. The molecule has 1 aliphatic carbocycles. The number of aliphatic hydroxyl groups excluding tert-OH is 2. The summed E-state index contributed by atoms with van der Waals surface area (Å²) in [6, 6.07) is 0. The third kappa shape index (κ3) is 9.79. The second-order valence-electron chi connectivity index (χ2n) is 16.8. The first kappa shape index (κ1) is 46.8. The van der Waals surface area contributed by atoms with Crippen LogP contribution in [-0.4, -0.2) is 92.4 Å². The van der Waals surface area contributed by atoms with Crippen LogP contribution in [0.3, 0.4) is 0 Å². The molecule has 1 fully saturated rings. The maximum Gasteiger partial charge on any atom is 0.312 e. The molecule has 9 atom stereocenters. The molecule has 15 heteroatoms. The number of benzene rings is 2. The molecule has 1 saturated carbocycles. The number of hydrogen-bond acceptors (Lipinski definition) is 14. The fourth-order valence-electron chi connectivity index (χ4n) is 8.45. The molecule has 332 valence electrons. The van der Waals surface area contributed by atoms with E-state index in [4.69, 9.17) is 18.9 Å². The second kappa shape index (κ2) is 19.6. The number of ether oxygens (including phenoxy) is 4. The van der Waals surface area contributed by atoms with E-state index in [2.05, 4.69) is 15.5 Å². The molecule has 0 aromatic heterocycles. The van der Waals surface area contributed by atoms with E-state index in [0.717, 1.165) is 50.7 Å². The quantitative estimate of drug-likeness (QED) is 0.0587. The number of nitrogens with zero attached hydrogens (tertiary/aromatic N) is 2. The van der Waals surface area contributed by atoms with Crippen LogP contribution in [0.15, 0.2) is 46.3 Å². The van der Waals surface area contributed by atoms with Gasteiger partial charge in [-0.2, -0.15) is 10.2 Å². The number of aliphatic hydroxyl groups is 2. The molecular weight excluding hydrogens is 787 g/mol. The lowest BCUT2D eigenvalue weighted by atomic mass is 9.78. The second-order valence-corrected chi connectivity index (χ2v) is 16.8. The number of fused-ring (bicyclic) bond motifs is 14. The fraction of sp³-hybridized carbons (Fsp3) is 0.543. The van der Waals surface area contributed by atoms with Gasteiger partial charge in [0.15, 0.2) is 5.75 Å². The van der Waals surface area contributed by atoms with E-state index < -0.39 is 88.8 Å². The summed E-state index contributed by atoms with van der Waals surface area (Å²) in [7, 11) is 1.44. The van der Waals surface area contributed by atoms with E-state index in [9.17, 15) is 39.9 Å². The Morgan fingerprint density at radius 2 is 1.56 bits per heavy atom.